The molecular formula is C15H17ClN2O3S. The number of nitrogens with one attached hydrogen (secondary N) is 1. The number of hydrogen-bond acceptors (Lipinski definition) is 5. The first-order valence-electron chi connectivity index (χ1n) is 6.64. The topological polar surface area (TPSA) is 71.5 Å². The second kappa shape index (κ2) is 6.64. The van der Waals surface area contributed by atoms with Gasteiger partial charge in [0.1, 0.15) is 11.7 Å². The van der Waals surface area contributed by atoms with E-state index in [1.54, 1.807) is 45.0 Å². The van der Waals surface area contributed by atoms with Crippen LogP contribution < -0.4 is 5.32 Å². The summed E-state index contributed by atoms with van der Waals surface area (Å²) in [5.41, 5.74) is 0.129. The van der Waals surface area contributed by atoms with Crippen molar-refractivity contribution < 1.29 is 14.6 Å². The number of aliphatic hydroxyl groups excluding tert-OH is 1. The van der Waals surface area contributed by atoms with E-state index < -0.39 is 17.8 Å². The summed E-state index contributed by atoms with van der Waals surface area (Å²) in [5, 5.41) is 13.8. The van der Waals surface area contributed by atoms with Crippen LogP contribution in [0.1, 0.15) is 37.3 Å². The number of thiazole rings is 1. The minimum absolute atomic E-state index is 0.372. The van der Waals surface area contributed by atoms with Gasteiger partial charge in [0.15, 0.2) is 5.13 Å². The number of halogens is 1. The lowest BCUT2D eigenvalue weighted by Crippen LogP contribution is -2.27. The van der Waals surface area contributed by atoms with Crippen LogP contribution in [0.2, 0.25) is 5.02 Å². The van der Waals surface area contributed by atoms with Gasteiger partial charge in [0.05, 0.1) is 4.88 Å². The molecular weight excluding hydrogens is 324 g/mol. The van der Waals surface area contributed by atoms with Gasteiger partial charge in [-0.15, -0.1) is 0 Å². The standard InChI is InChI=1S/C15H17ClN2O3S/c1-15(2,3)21-14(20)18-13-17-8-11(22-13)12(19)9-4-6-10(16)7-5-9/h4-8,12,19H,1-3H3,(H,17,18,20). The Hall–Kier alpha value is -1.63. The normalized spacial score (nSPS) is 12.8. The summed E-state index contributed by atoms with van der Waals surface area (Å²) >= 11 is 7.01. The van der Waals surface area contributed by atoms with Gasteiger partial charge in [-0.3, -0.25) is 5.32 Å². The Balaban J connectivity index is 2.04. The van der Waals surface area contributed by atoms with E-state index in [9.17, 15) is 9.90 Å². The highest BCUT2D eigenvalue weighted by molar-refractivity contribution is 7.15. The molecule has 0 radical (unpaired) electrons. The number of carbonyl (C=O) groups is 1. The Bertz CT molecular complexity index is 650. The van der Waals surface area contributed by atoms with Crippen LogP contribution >= 0.6 is 22.9 Å². The summed E-state index contributed by atoms with van der Waals surface area (Å²) in [7, 11) is 0. The molecule has 2 aromatic rings. The molecule has 5 nitrogen and oxygen atoms in total. The maximum absolute atomic E-state index is 11.7. The summed E-state index contributed by atoms with van der Waals surface area (Å²) in [5.74, 6) is 0. The van der Waals surface area contributed by atoms with Gasteiger partial charge in [0, 0.05) is 11.2 Å². The Morgan fingerprint density at radius 1 is 1.36 bits per heavy atom. The summed E-state index contributed by atoms with van der Waals surface area (Å²) < 4.78 is 5.15. The summed E-state index contributed by atoms with van der Waals surface area (Å²) in [4.78, 5) is 16.4. The number of aliphatic hydroxyl groups is 1. The highest BCUT2D eigenvalue weighted by atomic mass is 35.5. The second-order valence-corrected chi connectivity index (χ2v) is 7.15. The van der Waals surface area contributed by atoms with Crippen LogP contribution in [0, 0.1) is 0 Å². The minimum Gasteiger partial charge on any atom is -0.444 e. The van der Waals surface area contributed by atoms with E-state index in [0.717, 1.165) is 0 Å². The van der Waals surface area contributed by atoms with Crippen molar-refractivity contribution in [2.75, 3.05) is 5.32 Å². The third-order valence-corrected chi connectivity index (χ3v) is 3.80. The Kier molecular flexibility index (Phi) is 5.05. The second-order valence-electron chi connectivity index (χ2n) is 5.65. The largest absolute Gasteiger partial charge is 0.444 e. The lowest BCUT2D eigenvalue weighted by molar-refractivity contribution is 0.0636. The van der Waals surface area contributed by atoms with Crippen molar-refractivity contribution in [3.05, 3.63) is 45.9 Å². The van der Waals surface area contributed by atoms with Crippen molar-refractivity contribution >= 4 is 34.2 Å². The van der Waals surface area contributed by atoms with Gasteiger partial charge >= 0.3 is 6.09 Å². The van der Waals surface area contributed by atoms with Gasteiger partial charge in [-0.1, -0.05) is 35.1 Å². The molecule has 0 saturated carbocycles. The Morgan fingerprint density at radius 2 is 2.00 bits per heavy atom. The molecule has 1 heterocycles. The maximum Gasteiger partial charge on any atom is 0.413 e. The SMILES string of the molecule is CC(C)(C)OC(=O)Nc1ncc(C(O)c2ccc(Cl)cc2)s1. The molecule has 1 unspecified atom stereocenters. The van der Waals surface area contributed by atoms with E-state index >= 15 is 0 Å². The third kappa shape index (κ3) is 4.69. The number of carbonyl (C=O) groups excluding carboxylic acids is 1. The number of ether oxygens (including phenoxy) is 1. The quantitative estimate of drug-likeness (QED) is 0.877. The molecule has 22 heavy (non-hydrogen) atoms. The van der Waals surface area contributed by atoms with Crippen LogP contribution in [0.4, 0.5) is 9.93 Å². The van der Waals surface area contributed by atoms with Gasteiger partial charge in [-0.25, -0.2) is 9.78 Å². The number of benzene rings is 1. The van der Waals surface area contributed by atoms with E-state index in [1.807, 2.05) is 0 Å². The van der Waals surface area contributed by atoms with Crippen LogP contribution in [-0.4, -0.2) is 21.8 Å². The van der Waals surface area contributed by atoms with Crippen molar-refractivity contribution in [2.24, 2.45) is 0 Å². The van der Waals surface area contributed by atoms with E-state index in [0.29, 0.717) is 20.6 Å². The molecule has 0 aliphatic carbocycles. The van der Waals surface area contributed by atoms with Gasteiger partial charge in [-0.05, 0) is 38.5 Å². The first-order chi connectivity index (χ1) is 10.2. The minimum atomic E-state index is -0.816. The number of nitrogens with zero attached hydrogens (tertiary/aromatic N) is 1. The molecule has 0 aliphatic heterocycles. The molecule has 1 aromatic carbocycles. The average Bonchev–Trinajstić information content (AvgIpc) is 2.85. The molecule has 0 saturated heterocycles. The Labute approximate surface area is 137 Å². The zero-order valence-electron chi connectivity index (χ0n) is 12.5. The zero-order chi connectivity index (χ0) is 16.3. The van der Waals surface area contributed by atoms with E-state index in [1.165, 1.54) is 17.5 Å². The van der Waals surface area contributed by atoms with Gasteiger partial charge in [0.2, 0.25) is 0 Å². The van der Waals surface area contributed by atoms with Crippen LogP contribution in [-0.2, 0) is 4.74 Å². The molecule has 0 aliphatic rings. The zero-order valence-corrected chi connectivity index (χ0v) is 14.0. The predicted octanol–water partition coefficient (Wildman–Crippen LogP) is 4.23. The van der Waals surface area contributed by atoms with E-state index in [2.05, 4.69) is 10.3 Å². The molecule has 2 rings (SSSR count). The lowest BCUT2D eigenvalue weighted by Gasteiger charge is -2.18. The Morgan fingerprint density at radius 3 is 2.59 bits per heavy atom. The number of amides is 1. The highest BCUT2D eigenvalue weighted by Gasteiger charge is 2.19. The summed E-state index contributed by atoms with van der Waals surface area (Å²) in [6.45, 7) is 5.35. The van der Waals surface area contributed by atoms with Gasteiger partial charge < -0.3 is 9.84 Å². The molecule has 0 fully saturated rings. The molecule has 1 atom stereocenters. The van der Waals surface area contributed by atoms with Crippen LogP contribution in [0.5, 0.6) is 0 Å². The molecule has 0 bridgehead atoms. The number of aromatic nitrogens is 1. The fourth-order valence-corrected chi connectivity index (χ4v) is 2.61. The fraction of sp³-hybridized carbons (Fsp3) is 0.333. The summed E-state index contributed by atoms with van der Waals surface area (Å²) in [6.07, 6.45) is 0.134. The van der Waals surface area contributed by atoms with E-state index in [-0.39, 0.29) is 0 Å². The van der Waals surface area contributed by atoms with Crippen molar-refractivity contribution in [1.82, 2.24) is 4.98 Å². The molecule has 2 N–H and O–H groups in total. The molecule has 1 aromatic heterocycles. The first kappa shape index (κ1) is 16.7. The molecule has 0 spiro atoms. The monoisotopic (exact) mass is 340 g/mol. The van der Waals surface area contributed by atoms with Gasteiger partial charge in [-0.2, -0.15) is 0 Å². The lowest BCUT2D eigenvalue weighted by atomic mass is 10.1. The predicted molar refractivity (Wildman–Crippen MR) is 87.5 cm³/mol. The molecule has 1 amide bonds. The van der Waals surface area contributed by atoms with Crippen molar-refractivity contribution in [3.63, 3.8) is 0 Å². The number of anilines is 1. The summed E-state index contributed by atoms with van der Waals surface area (Å²) in [6, 6.07) is 6.91. The van der Waals surface area contributed by atoms with Crippen LogP contribution in [0.25, 0.3) is 0 Å². The van der Waals surface area contributed by atoms with Crippen LogP contribution in [0.3, 0.4) is 0 Å². The van der Waals surface area contributed by atoms with Crippen LogP contribution in [0.15, 0.2) is 30.5 Å². The molecule has 7 heteroatoms. The fourth-order valence-electron chi connectivity index (χ4n) is 1.67. The van der Waals surface area contributed by atoms with E-state index in [4.69, 9.17) is 16.3 Å². The maximum atomic E-state index is 11.7. The highest BCUT2D eigenvalue weighted by Crippen LogP contribution is 2.30. The van der Waals surface area contributed by atoms with Gasteiger partial charge in [0.25, 0.3) is 0 Å². The van der Waals surface area contributed by atoms with Crippen molar-refractivity contribution in [3.8, 4) is 0 Å². The number of hydrogen-bond donors (Lipinski definition) is 2. The average molecular weight is 341 g/mol. The smallest absolute Gasteiger partial charge is 0.413 e. The third-order valence-electron chi connectivity index (χ3n) is 2.59. The first-order valence-corrected chi connectivity index (χ1v) is 7.83. The van der Waals surface area contributed by atoms with Crippen molar-refractivity contribution in [2.45, 2.75) is 32.5 Å². The molecule has 118 valence electrons. The number of rotatable bonds is 3. The van der Waals surface area contributed by atoms with Crippen molar-refractivity contribution in [1.29, 1.82) is 0 Å².